The van der Waals surface area contributed by atoms with Crippen molar-refractivity contribution in [1.82, 2.24) is 0 Å². The number of ether oxygens (including phenoxy) is 1. The highest BCUT2D eigenvalue weighted by Crippen LogP contribution is 2.68. The second-order valence-corrected chi connectivity index (χ2v) is 11.3. The normalized spacial score (nSPS) is 43.3. The second-order valence-electron chi connectivity index (χ2n) is 10.8. The second kappa shape index (κ2) is 8.26. The monoisotopic (exact) mass is 558 g/mol. The van der Waals surface area contributed by atoms with E-state index in [4.69, 9.17) is 7.80 Å². The lowest BCUT2D eigenvalue weighted by molar-refractivity contribution is -0.259. The molecule has 4 aliphatic carbocycles. The average molecular weight is 558 g/mol. The van der Waals surface area contributed by atoms with Gasteiger partial charge in [-0.05, 0) is 76.4 Å². The molecule has 0 amide bonds. The van der Waals surface area contributed by atoms with Crippen molar-refractivity contribution in [2.24, 2.45) is 28.6 Å². The van der Waals surface area contributed by atoms with E-state index in [2.05, 4.69) is 13.8 Å². The molecule has 6 nitrogen and oxygen atoms in total. The Morgan fingerprint density at radius 3 is 2.69 bits per heavy atom. The van der Waals surface area contributed by atoms with E-state index in [0.29, 0.717) is 12.8 Å². The van der Waals surface area contributed by atoms with E-state index in [0.717, 1.165) is 31.3 Å². The van der Waals surface area contributed by atoms with E-state index in [-0.39, 0.29) is 34.7 Å². The molecule has 4 aliphatic rings. The van der Waals surface area contributed by atoms with Gasteiger partial charge in [0.15, 0.2) is 17.4 Å². The van der Waals surface area contributed by atoms with Gasteiger partial charge in [0, 0.05) is 16.7 Å². The van der Waals surface area contributed by atoms with Gasteiger partial charge in [0.05, 0.1) is 6.10 Å². The van der Waals surface area contributed by atoms with Crippen LogP contribution in [-0.2, 0) is 17.4 Å². The number of aliphatic hydroxyl groups excluding tert-OH is 2. The standard InChI is InChI=1S/C25H35IO6/c1-5-24-10-8-16(28)12-15(24)6-7-17-18-9-11-25(20(30)14-27,31-22(2,3)32-26)23(18,4)13-19(29)21(17)24/h8,10,12,17-19,21,27,29H,5-7,9,11,13-14H2,1-4H3/t17-,18-,19-,21+,23-,24-,25-/m0/s1. The van der Waals surface area contributed by atoms with E-state index in [9.17, 15) is 19.8 Å². The molecule has 0 saturated heterocycles. The summed E-state index contributed by atoms with van der Waals surface area (Å²) in [6.45, 7) is 7.15. The van der Waals surface area contributed by atoms with Crippen LogP contribution < -0.4 is 0 Å². The highest BCUT2D eigenvalue weighted by molar-refractivity contribution is 14.1. The van der Waals surface area contributed by atoms with Crippen molar-refractivity contribution in [2.75, 3.05) is 6.61 Å². The van der Waals surface area contributed by atoms with E-state index in [1.54, 1.807) is 49.0 Å². The summed E-state index contributed by atoms with van der Waals surface area (Å²) >= 11 is 1.78. The van der Waals surface area contributed by atoms with Crippen molar-refractivity contribution in [3.05, 3.63) is 23.8 Å². The van der Waals surface area contributed by atoms with Crippen molar-refractivity contribution >= 4 is 34.6 Å². The quantitative estimate of drug-likeness (QED) is 0.377. The van der Waals surface area contributed by atoms with Gasteiger partial charge in [-0.15, -0.1) is 0 Å². The van der Waals surface area contributed by atoms with Crippen LogP contribution >= 0.6 is 23.0 Å². The number of carbonyl (C=O) groups excluding carboxylic acids is 2. The number of carbonyl (C=O) groups is 2. The van der Waals surface area contributed by atoms with Gasteiger partial charge in [-0.25, -0.2) is 0 Å². The molecule has 7 heteroatoms. The number of halogens is 1. The van der Waals surface area contributed by atoms with Gasteiger partial charge in [-0.3, -0.25) is 12.7 Å². The molecule has 32 heavy (non-hydrogen) atoms. The first-order chi connectivity index (χ1) is 15.0. The Bertz CT molecular complexity index is 864. The Labute approximate surface area is 204 Å². The molecule has 0 aromatic carbocycles. The lowest BCUT2D eigenvalue weighted by Crippen LogP contribution is -2.64. The number of ketones is 2. The fourth-order valence-corrected chi connectivity index (χ4v) is 8.03. The van der Waals surface area contributed by atoms with Crippen molar-refractivity contribution in [3.63, 3.8) is 0 Å². The first-order valence-corrected chi connectivity index (χ1v) is 12.6. The van der Waals surface area contributed by atoms with Crippen LogP contribution in [0.2, 0.25) is 0 Å². The molecule has 0 radical (unpaired) electrons. The zero-order chi connectivity index (χ0) is 23.5. The first-order valence-electron chi connectivity index (χ1n) is 11.8. The SMILES string of the molecule is CC[C@]12C=CC(=O)C=C1CC[C@@H]1[C@@H]2[C@@H](O)C[C@@]2(C)[C@H]1CC[C@]2(OC(C)(C)OI)C(=O)CO. The summed E-state index contributed by atoms with van der Waals surface area (Å²) in [7, 11) is 0. The van der Waals surface area contributed by atoms with Gasteiger partial charge in [0.2, 0.25) is 0 Å². The number of rotatable bonds is 6. The highest BCUT2D eigenvalue weighted by atomic mass is 127. The van der Waals surface area contributed by atoms with Crippen LogP contribution in [0.25, 0.3) is 0 Å². The maximum absolute atomic E-state index is 13.3. The molecular weight excluding hydrogens is 523 g/mol. The van der Waals surface area contributed by atoms with Gasteiger partial charge in [0.25, 0.3) is 0 Å². The number of fused-ring (bicyclic) bond motifs is 5. The minimum Gasteiger partial charge on any atom is -0.393 e. The highest BCUT2D eigenvalue weighted by Gasteiger charge is 2.70. The number of aliphatic hydroxyl groups is 2. The predicted molar refractivity (Wildman–Crippen MR) is 128 cm³/mol. The molecule has 2 N–H and O–H groups in total. The molecule has 7 atom stereocenters. The van der Waals surface area contributed by atoms with Crippen molar-refractivity contribution in [3.8, 4) is 0 Å². The molecule has 4 rings (SSSR count). The Morgan fingerprint density at radius 1 is 1.34 bits per heavy atom. The van der Waals surface area contributed by atoms with Crippen LogP contribution in [0.1, 0.15) is 66.2 Å². The summed E-state index contributed by atoms with van der Waals surface area (Å²) in [5.41, 5.74) is -0.997. The van der Waals surface area contributed by atoms with E-state index < -0.39 is 29.5 Å². The molecule has 0 spiro atoms. The summed E-state index contributed by atoms with van der Waals surface area (Å²) in [5, 5.41) is 21.6. The zero-order valence-electron chi connectivity index (χ0n) is 19.4. The molecular formula is C25H35IO6. The van der Waals surface area contributed by atoms with E-state index in [1.165, 1.54) is 0 Å². The fraction of sp³-hybridized carbons (Fsp3) is 0.760. The summed E-state index contributed by atoms with van der Waals surface area (Å²) in [4.78, 5) is 25.4. The Balaban J connectivity index is 1.78. The fourth-order valence-electron chi connectivity index (χ4n) is 7.94. The number of hydrogen-bond acceptors (Lipinski definition) is 6. The maximum atomic E-state index is 13.3. The van der Waals surface area contributed by atoms with Crippen LogP contribution in [0.5, 0.6) is 0 Å². The topological polar surface area (TPSA) is 93.1 Å². The lowest BCUT2D eigenvalue weighted by atomic mass is 9.45. The Hall–Kier alpha value is -0.610. The molecule has 0 unspecified atom stereocenters. The minimum atomic E-state index is -1.21. The first kappa shape index (κ1) is 24.5. The Kier molecular flexibility index (Phi) is 6.32. The molecule has 0 heterocycles. The Morgan fingerprint density at radius 2 is 2.06 bits per heavy atom. The third kappa shape index (κ3) is 3.33. The van der Waals surface area contributed by atoms with Crippen LogP contribution in [0.3, 0.4) is 0 Å². The van der Waals surface area contributed by atoms with Gasteiger partial charge >= 0.3 is 0 Å². The zero-order valence-corrected chi connectivity index (χ0v) is 21.6. The predicted octanol–water partition coefficient (Wildman–Crippen LogP) is 4.07. The molecule has 0 aromatic heterocycles. The van der Waals surface area contributed by atoms with Crippen molar-refractivity contribution in [2.45, 2.75) is 83.7 Å². The maximum Gasteiger partial charge on any atom is 0.190 e. The molecule has 0 aromatic rings. The van der Waals surface area contributed by atoms with Crippen molar-refractivity contribution in [1.29, 1.82) is 0 Å². The van der Waals surface area contributed by atoms with Gasteiger partial charge < -0.3 is 14.9 Å². The van der Waals surface area contributed by atoms with Crippen LogP contribution in [0, 0.1) is 28.6 Å². The smallest absolute Gasteiger partial charge is 0.190 e. The molecule has 3 fully saturated rings. The summed E-state index contributed by atoms with van der Waals surface area (Å²) in [5.74, 6) is -0.930. The van der Waals surface area contributed by atoms with Crippen LogP contribution in [0.4, 0.5) is 0 Å². The largest absolute Gasteiger partial charge is 0.393 e. The van der Waals surface area contributed by atoms with Crippen LogP contribution in [-0.4, -0.2) is 45.9 Å². The van der Waals surface area contributed by atoms with Gasteiger partial charge in [-0.2, -0.15) is 0 Å². The summed E-state index contributed by atoms with van der Waals surface area (Å²) in [6, 6.07) is 0. The van der Waals surface area contributed by atoms with Gasteiger partial charge in [0.1, 0.15) is 35.2 Å². The van der Waals surface area contributed by atoms with E-state index >= 15 is 0 Å². The third-order valence-electron chi connectivity index (χ3n) is 9.16. The molecule has 0 bridgehead atoms. The lowest BCUT2D eigenvalue weighted by Gasteiger charge is -2.61. The number of hydrogen-bond donors (Lipinski definition) is 2. The summed E-state index contributed by atoms with van der Waals surface area (Å²) < 4.78 is 11.9. The van der Waals surface area contributed by atoms with Crippen LogP contribution in [0.15, 0.2) is 23.8 Å². The van der Waals surface area contributed by atoms with Gasteiger partial charge in [-0.1, -0.05) is 25.5 Å². The molecule has 0 aliphatic heterocycles. The number of allylic oxidation sites excluding steroid dienone is 4. The molecule has 3 saturated carbocycles. The minimum absolute atomic E-state index is 0.00351. The number of Topliss-reactive ketones (excluding diaryl/α,β-unsaturated/α-hetero) is 1. The third-order valence-corrected chi connectivity index (χ3v) is 10.2. The average Bonchev–Trinajstić information content (AvgIpc) is 3.04. The van der Waals surface area contributed by atoms with Crippen molar-refractivity contribution < 1.29 is 27.6 Å². The summed E-state index contributed by atoms with van der Waals surface area (Å²) in [6.07, 6.45) is 9.09. The van der Waals surface area contributed by atoms with E-state index in [1.807, 2.05) is 6.08 Å². The molecule has 178 valence electrons.